The monoisotopic (exact) mass is 200 g/mol. The third-order valence-electron chi connectivity index (χ3n) is 1.94. The van der Waals surface area contributed by atoms with E-state index in [-0.39, 0.29) is 4.90 Å². The van der Waals surface area contributed by atoms with Crippen LogP contribution in [0.15, 0.2) is 23.1 Å². The second-order valence-electron chi connectivity index (χ2n) is 2.93. The summed E-state index contributed by atoms with van der Waals surface area (Å²) in [4.78, 5) is 0.00634. The molecule has 72 valence electrons. The van der Waals surface area contributed by atoms with Gasteiger partial charge in [0.1, 0.15) is 0 Å². The molecule has 0 fully saturated rings. The molecule has 0 atom stereocenters. The molecule has 0 spiro atoms. The van der Waals surface area contributed by atoms with Gasteiger partial charge >= 0.3 is 0 Å². The first-order chi connectivity index (χ1) is 5.95. The van der Waals surface area contributed by atoms with Gasteiger partial charge in [-0.3, -0.25) is 4.55 Å². The number of hydrogen-bond donors (Lipinski definition) is 1. The van der Waals surface area contributed by atoms with Crippen LogP contribution in [0.2, 0.25) is 0 Å². The van der Waals surface area contributed by atoms with E-state index in [9.17, 15) is 8.42 Å². The highest BCUT2D eigenvalue weighted by atomic mass is 32.2. The van der Waals surface area contributed by atoms with Gasteiger partial charge in [0.2, 0.25) is 0 Å². The lowest BCUT2D eigenvalue weighted by Crippen LogP contribution is -2.01. The summed E-state index contributed by atoms with van der Waals surface area (Å²) in [5.41, 5.74) is 1.47. The SMILES string of the molecule is CCc1ccc(C)c(S(=O)(=O)O)c1. The molecule has 0 unspecified atom stereocenters. The normalized spacial score (nSPS) is 11.6. The third kappa shape index (κ3) is 2.29. The minimum absolute atomic E-state index is 0.00634. The van der Waals surface area contributed by atoms with Crippen LogP contribution in [0, 0.1) is 6.92 Å². The van der Waals surface area contributed by atoms with E-state index in [1.807, 2.05) is 13.0 Å². The fraction of sp³-hybridized carbons (Fsp3) is 0.333. The Morgan fingerprint density at radius 1 is 1.38 bits per heavy atom. The molecule has 0 amide bonds. The van der Waals surface area contributed by atoms with Crippen LogP contribution >= 0.6 is 0 Å². The molecular weight excluding hydrogens is 188 g/mol. The van der Waals surface area contributed by atoms with Crippen molar-refractivity contribution in [3.05, 3.63) is 29.3 Å². The Labute approximate surface area is 78.2 Å². The van der Waals surface area contributed by atoms with Gasteiger partial charge in [-0.25, -0.2) is 0 Å². The predicted octanol–water partition coefficient (Wildman–Crippen LogP) is 1.80. The van der Waals surface area contributed by atoms with Gasteiger partial charge in [0.15, 0.2) is 0 Å². The van der Waals surface area contributed by atoms with Gasteiger partial charge in [0, 0.05) is 0 Å². The average Bonchev–Trinajstić information content (AvgIpc) is 2.03. The minimum atomic E-state index is -4.07. The van der Waals surface area contributed by atoms with E-state index < -0.39 is 10.1 Å². The highest BCUT2D eigenvalue weighted by Gasteiger charge is 2.12. The molecule has 0 heterocycles. The zero-order valence-corrected chi connectivity index (χ0v) is 8.43. The summed E-state index contributed by atoms with van der Waals surface area (Å²) in [5.74, 6) is 0. The van der Waals surface area contributed by atoms with Crippen molar-refractivity contribution in [2.75, 3.05) is 0 Å². The first-order valence-electron chi connectivity index (χ1n) is 4.02. The molecule has 0 radical (unpaired) electrons. The van der Waals surface area contributed by atoms with Crippen molar-refractivity contribution >= 4 is 10.1 Å². The standard InChI is InChI=1S/C9H12O3S/c1-3-8-5-4-7(2)9(6-8)13(10,11)12/h4-6H,3H2,1-2H3,(H,10,11,12). The Morgan fingerprint density at radius 2 is 2.00 bits per heavy atom. The Balaban J connectivity index is 3.36. The van der Waals surface area contributed by atoms with Crippen LogP contribution < -0.4 is 0 Å². The van der Waals surface area contributed by atoms with Crippen LogP contribution in [0.3, 0.4) is 0 Å². The van der Waals surface area contributed by atoms with Gasteiger partial charge in [-0.1, -0.05) is 19.1 Å². The van der Waals surface area contributed by atoms with Gasteiger partial charge in [-0.2, -0.15) is 8.42 Å². The molecule has 13 heavy (non-hydrogen) atoms. The lowest BCUT2D eigenvalue weighted by atomic mass is 10.1. The molecule has 1 rings (SSSR count). The Hall–Kier alpha value is -0.870. The maximum Gasteiger partial charge on any atom is 0.294 e. The van der Waals surface area contributed by atoms with E-state index in [1.54, 1.807) is 13.0 Å². The lowest BCUT2D eigenvalue weighted by molar-refractivity contribution is 0.482. The van der Waals surface area contributed by atoms with E-state index in [0.29, 0.717) is 5.56 Å². The van der Waals surface area contributed by atoms with Gasteiger partial charge in [-0.15, -0.1) is 0 Å². The Morgan fingerprint density at radius 3 is 2.46 bits per heavy atom. The smallest absolute Gasteiger partial charge is 0.282 e. The van der Waals surface area contributed by atoms with Gasteiger partial charge in [-0.05, 0) is 30.5 Å². The summed E-state index contributed by atoms with van der Waals surface area (Å²) in [6.45, 7) is 3.58. The first-order valence-corrected chi connectivity index (χ1v) is 5.46. The second-order valence-corrected chi connectivity index (χ2v) is 4.32. The lowest BCUT2D eigenvalue weighted by Gasteiger charge is -2.04. The molecule has 1 aromatic rings. The summed E-state index contributed by atoms with van der Waals surface area (Å²) in [6.07, 6.45) is 0.753. The van der Waals surface area contributed by atoms with E-state index in [1.165, 1.54) is 6.07 Å². The summed E-state index contributed by atoms with van der Waals surface area (Å²) >= 11 is 0. The molecular formula is C9H12O3S. The van der Waals surface area contributed by atoms with E-state index in [0.717, 1.165) is 12.0 Å². The van der Waals surface area contributed by atoms with Crippen molar-refractivity contribution in [1.82, 2.24) is 0 Å². The summed E-state index contributed by atoms with van der Waals surface area (Å²) < 4.78 is 30.6. The van der Waals surface area contributed by atoms with Crippen molar-refractivity contribution in [2.24, 2.45) is 0 Å². The highest BCUT2D eigenvalue weighted by Crippen LogP contribution is 2.16. The maximum absolute atomic E-state index is 10.9. The van der Waals surface area contributed by atoms with Gasteiger partial charge in [0.05, 0.1) is 4.90 Å². The van der Waals surface area contributed by atoms with Crippen LogP contribution in [-0.4, -0.2) is 13.0 Å². The van der Waals surface area contributed by atoms with Crippen molar-refractivity contribution in [1.29, 1.82) is 0 Å². The molecule has 1 aromatic carbocycles. The molecule has 1 N–H and O–H groups in total. The first kappa shape index (κ1) is 10.2. The van der Waals surface area contributed by atoms with Crippen LogP contribution in [-0.2, 0) is 16.5 Å². The van der Waals surface area contributed by atoms with Crippen LogP contribution in [0.4, 0.5) is 0 Å². The molecule has 0 aliphatic heterocycles. The molecule has 0 bridgehead atoms. The maximum atomic E-state index is 10.9. The zero-order chi connectivity index (χ0) is 10.1. The van der Waals surface area contributed by atoms with Crippen molar-refractivity contribution < 1.29 is 13.0 Å². The van der Waals surface area contributed by atoms with Crippen molar-refractivity contribution in [3.8, 4) is 0 Å². The van der Waals surface area contributed by atoms with E-state index >= 15 is 0 Å². The Bertz CT molecular complexity index is 407. The second kappa shape index (κ2) is 3.47. The van der Waals surface area contributed by atoms with E-state index in [4.69, 9.17) is 4.55 Å². The fourth-order valence-electron chi connectivity index (χ4n) is 1.14. The van der Waals surface area contributed by atoms with Crippen molar-refractivity contribution in [3.63, 3.8) is 0 Å². The number of benzene rings is 1. The average molecular weight is 200 g/mol. The largest absolute Gasteiger partial charge is 0.294 e. The highest BCUT2D eigenvalue weighted by molar-refractivity contribution is 7.85. The van der Waals surface area contributed by atoms with Gasteiger partial charge < -0.3 is 0 Å². The Kier molecular flexibility index (Phi) is 2.73. The van der Waals surface area contributed by atoms with Crippen LogP contribution in [0.1, 0.15) is 18.1 Å². The fourth-order valence-corrected chi connectivity index (χ4v) is 1.92. The number of aryl methyl sites for hydroxylation is 2. The minimum Gasteiger partial charge on any atom is -0.282 e. The summed E-state index contributed by atoms with van der Waals surface area (Å²) in [6, 6.07) is 5.05. The molecule has 0 saturated carbocycles. The summed E-state index contributed by atoms with van der Waals surface area (Å²) in [5, 5.41) is 0. The quantitative estimate of drug-likeness (QED) is 0.741. The molecule has 3 nitrogen and oxygen atoms in total. The van der Waals surface area contributed by atoms with Crippen molar-refractivity contribution in [2.45, 2.75) is 25.2 Å². The molecule has 0 aliphatic carbocycles. The predicted molar refractivity (Wildman–Crippen MR) is 50.4 cm³/mol. The van der Waals surface area contributed by atoms with E-state index in [2.05, 4.69) is 0 Å². The molecule has 4 heteroatoms. The number of hydrogen-bond acceptors (Lipinski definition) is 2. The molecule has 0 saturated heterocycles. The van der Waals surface area contributed by atoms with Crippen LogP contribution in [0.25, 0.3) is 0 Å². The summed E-state index contributed by atoms with van der Waals surface area (Å²) in [7, 11) is -4.07. The molecule has 0 aromatic heterocycles. The molecule has 0 aliphatic rings. The topological polar surface area (TPSA) is 54.4 Å². The van der Waals surface area contributed by atoms with Gasteiger partial charge in [0.25, 0.3) is 10.1 Å². The van der Waals surface area contributed by atoms with Crippen LogP contribution in [0.5, 0.6) is 0 Å². The zero-order valence-electron chi connectivity index (χ0n) is 7.61. The third-order valence-corrected chi connectivity index (χ3v) is 2.93. The number of rotatable bonds is 2.